The largest absolute Gasteiger partial charge is 0.553 e. The summed E-state index contributed by atoms with van der Waals surface area (Å²) in [4.78, 5) is 0. The Labute approximate surface area is 54.8 Å². The molecule has 0 fully saturated rings. The molecule has 0 unspecified atom stereocenters. The first kappa shape index (κ1) is 7.77. The monoisotopic (exact) mass is 148 g/mol. The normalized spacial score (nSPS) is 12.8. The van der Waals surface area contributed by atoms with Gasteiger partial charge in [0.1, 0.15) is 0 Å². The maximum atomic E-state index is 4.99. The molecule has 0 bridgehead atoms. The van der Waals surface area contributed by atoms with Crippen molar-refractivity contribution in [3.8, 4) is 0 Å². The van der Waals surface area contributed by atoms with Gasteiger partial charge in [-0.15, -0.1) is 0 Å². The van der Waals surface area contributed by atoms with E-state index in [-0.39, 0.29) is 19.5 Å². The van der Waals surface area contributed by atoms with Crippen molar-refractivity contribution in [1.29, 1.82) is 0 Å². The maximum absolute atomic E-state index is 4.99. The van der Waals surface area contributed by atoms with Gasteiger partial charge in [-0.1, -0.05) is 0 Å². The molecule has 0 aliphatic rings. The molecule has 0 heterocycles. The summed E-state index contributed by atoms with van der Waals surface area (Å²) in [5.74, 6) is 0. The third-order valence-corrected chi connectivity index (χ3v) is 1.63. The lowest BCUT2D eigenvalue weighted by molar-refractivity contribution is 0.454. The van der Waals surface area contributed by atoms with Crippen LogP contribution in [-0.4, -0.2) is 19.5 Å². The molecule has 0 aromatic carbocycles. The van der Waals surface area contributed by atoms with Crippen LogP contribution in [0.2, 0.25) is 13.1 Å². The average Bonchev–Trinajstić information content (AvgIpc) is 1.81. The standard InChI is InChI=1S/C4H12O2Si2/c1-7-5-3-4-6-8-2/h3-4H,7-8H2,1-2H3. The molecule has 4 heteroatoms. The zero-order valence-corrected chi connectivity index (χ0v) is 8.21. The molecule has 0 amide bonds. The van der Waals surface area contributed by atoms with E-state index in [1.807, 2.05) is 0 Å². The number of hydrogen-bond donors (Lipinski definition) is 0. The van der Waals surface area contributed by atoms with Crippen molar-refractivity contribution in [2.75, 3.05) is 0 Å². The minimum atomic E-state index is -0.265. The van der Waals surface area contributed by atoms with Crippen LogP contribution in [0.25, 0.3) is 0 Å². The second kappa shape index (κ2) is 6.77. The molecule has 48 valence electrons. The fourth-order valence-corrected chi connectivity index (χ4v) is 0.813. The molecule has 2 nitrogen and oxygen atoms in total. The van der Waals surface area contributed by atoms with Crippen LogP contribution in [0.15, 0.2) is 12.5 Å². The van der Waals surface area contributed by atoms with Gasteiger partial charge in [0.05, 0.1) is 12.5 Å². The number of hydrogen-bond acceptors (Lipinski definition) is 2. The summed E-state index contributed by atoms with van der Waals surface area (Å²) in [5.41, 5.74) is 0. The van der Waals surface area contributed by atoms with Crippen LogP contribution in [0, 0.1) is 0 Å². The third kappa shape index (κ3) is 5.77. The van der Waals surface area contributed by atoms with E-state index in [0.717, 1.165) is 0 Å². The van der Waals surface area contributed by atoms with Crippen molar-refractivity contribution in [1.82, 2.24) is 0 Å². The molecule has 0 saturated heterocycles. The van der Waals surface area contributed by atoms with E-state index < -0.39 is 0 Å². The topological polar surface area (TPSA) is 18.5 Å². The highest BCUT2D eigenvalue weighted by Gasteiger charge is 1.70. The Bertz CT molecular complexity index is 57.1. The summed E-state index contributed by atoms with van der Waals surface area (Å²) in [6.07, 6.45) is 3.28. The van der Waals surface area contributed by atoms with E-state index in [1.54, 1.807) is 12.5 Å². The molecule has 0 spiro atoms. The first-order valence-electron chi connectivity index (χ1n) is 2.80. The zero-order valence-electron chi connectivity index (χ0n) is 5.39. The lowest BCUT2D eigenvalue weighted by atomic mass is 11.1. The van der Waals surface area contributed by atoms with Crippen LogP contribution < -0.4 is 0 Å². The molecule has 0 aliphatic heterocycles. The van der Waals surface area contributed by atoms with E-state index in [1.165, 1.54) is 0 Å². The van der Waals surface area contributed by atoms with Gasteiger partial charge in [0.2, 0.25) is 19.5 Å². The van der Waals surface area contributed by atoms with Crippen LogP contribution >= 0.6 is 0 Å². The van der Waals surface area contributed by atoms with Gasteiger partial charge in [-0.3, -0.25) is 0 Å². The Balaban J connectivity index is 2.83. The number of rotatable bonds is 4. The average molecular weight is 148 g/mol. The molecule has 0 atom stereocenters. The van der Waals surface area contributed by atoms with Crippen LogP contribution in [-0.2, 0) is 8.85 Å². The molecule has 0 aromatic rings. The fraction of sp³-hybridized carbons (Fsp3) is 0.500. The van der Waals surface area contributed by atoms with Crippen LogP contribution in [0.1, 0.15) is 0 Å². The van der Waals surface area contributed by atoms with Crippen LogP contribution in [0.3, 0.4) is 0 Å². The van der Waals surface area contributed by atoms with E-state index in [0.29, 0.717) is 0 Å². The van der Waals surface area contributed by atoms with E-state index in [4.69, 9.17) is 8.85 Å². The van der Waals surface area contributed by atoms with Gasteiger partial charge >= 0.3 is 0 Å². The molecule has 0 radical (unpaired) electrons. The Morgan fingerprint density at radius 1 is 1.00 bits per heavy atom. The van der Waals surface area contributed by atoms with Crippen molar-refractivity contribution in [3.05, 3.63) is 12.5 Å². The van der Waals surface area contributed by atoms with Crippen molar-refractivity contribution in [3.63, 3.8) is 0 Å². The summed E-state index contributed by atoms with van der Waals surface area (Å²) in [7, 11) is -0.531. The maximum Gasteiger partial charge on any atom is 0.215 e. The van der Waals surface area contributed by atoms with Crippen molar-refractivity contribution in [2.24, 2.45) is 0 Å². The SMILES string of the molecule is C[SiH2]OC=CO[SiH2]C. The summed E-state index contributed by atoms with van der Waals surface area (Å²) in [5, 5.41) is 0. The van der Waals surface area contributed by atoms with Gasteiger partial charge in [0, 0.05) is 0 Å². The first-order valence-corrected chi connectivity index (χ1v) is 6.78. The highest BCUT2D eigenvalue weighted by atomic mass is 28.2. The second-order valence-electron chi connectivity index (χ2n) is 1.18. The van der Waals surface area contributed by atoms with Gasteiger partial charge in [-0.05, 0) is 13.1 Å². The van der Waals surface area contributed by atoms with Gasteiger partial charge in [0.25, 0.3) is 0 Å². The minimum absolute atomic E-state index is 0.265. The molecular weight excluding hydrogens is 136 g/mol. The second-order valence-corrected chi connectivity index (χ2v) is 3.00. The quantitative estimate of drug-likeness (QED) is 0.404. The van der Waals surface area contributed by atoms with E-state index in [2.05, 4.69) is 13.1 Å². The Morgan fingerprint density at radius 2 is 1.38 bits per heavy atom. The minimum Gasteiger partial charge on any atom is -0.553 e. The van der Waals surface area contributed by atoms with Crippen molar-refractivity contribution < 1.29 is 8.85 Å². The molecule has 0 rings (SSSR count). The molecular formula is C4H12O2Si2. The zero-order chi connectivity index (χ0) is 6.24. The van der Waals surface area contributed by atoms with Gasteiger partial charge in [-0.25, -0.2) is 0 Å². The smallest absolute Gasteiger partial charge is 0.215 e. The Kier molecular flexibility index (Phi) is 6.58. The van der Waals surface area contributed by atoms with E-state index in [9.17, 15) is 0 Å². The Hall–Kier alpha value is -0.226. The molecule has 0 aliphatic carbocycles. The molecule has 0 N–H and O–H groups in total. The molecule has 8 heavy (non-hydrogen) atoms. The predicted octanol–water partition coefficient (Wildman–Crippen LogP) is -0.245. The van der Waals surface area contributed by atoms with Crippen molar-refractivity contribution >= 4 is 19.5 Å². The van der Waals surface area contributed by atoms with Gasteiger partial charge < -0.3 is 8.85 Å². The summed E-state index contributed by atoms with van der Waals surface area (Å²) >= 11 is 0. The predicted molar refractivity (Wildman–Crippen MR) is 40.1 cm³/mol. The van der Waals surface area contributed by atoms with Crippen LogP contribution in [0.5, 0.6) is 0 Å². The lowest BCUT2D eigenvalue weighted by Gasteiger charge is -1.93. The van der Waals surface area contributed by atoms with Crippen molar-refractivity contribution in [2.45, 2.75) is 13.1 Å². The lowest BCUT2D eigenvalue weighted by Crippen LogP contribution is -1.85. The summed E-state index contributed by atoms with van der Waals surface area (Å²) < 4.78 is 9.98. The first-order chi connectivity index (χ1) is 3.91. The molecule has 0 aromatic heterocycles. The summed E-state index contributed by atoms with van der Waals surface area (Å²) in [6.45, 7) is 4.15. The highest BCUT2D eigenvalue weighted by Crippen LogP contribution is 1.75. The van der Waals surface area contributed by atoms with Gasteiger partial charge in [-0.2, -0.15) is 0 Å². The van der Waals surface area contributed by atoms with Crippen LogP contribution in [0.4, 0.5) is 0 Å². The molecule has 0 saturated carbocycles. The summed E-state index contributed by atoms with van der Waals surface area (Å²) in [6, 6.07) is 0. The van der Waals surface area contributed by atoms with Gasteiger partial charge in [0.15, 0.2) is 0 Å². The fourth-order valence-electron chi connectivity index (χ4n) is 0.271. The van der Waals surface area contributed by atoms with E-state index >= 15 is 0 Å². The third-order valence-electron chi connectivity index (χ3n) is 0.581. The Morgan fingerprint density at radius 3 is 1.62 bits per heavy atom. The highest BCUT2D eigenvalue weighted by molar-refractivity contribution is 6.25.